The maximum absolute atomic E-state index is 11.1. The Bertz CT molecular complexity index is 427. The zero-order chi connectivity index (χ0) is 13.1. The first-order chi connectivity index (χ1) is 7.86. The Kier molecular flexibility index (Phi) is 3.93. The number of aromatic nitrogens is 2. The normalized spacial score (nSPS) is 12.0. The highest BCUT2D eigenvalue weighted by molar-refractivity contribution is 5.91. The number of aromatic carboxylic acids is 1. The maximum Gasteiger partial charge on any atom is 0.339 e. The molecule has 1 aromatic heterocycles. The average molecular weight is 238 g/mol. The third kappa shape index (κ3) is 3.34. The second-order valence-corrected chi connectivity index (χ2v) is 4.61. The molecule has 5 heteroatoms. The summed E-state index contributed by atoms with van der Waals surface area (Å²) in [5.74, 6) is -0.989. The molecule has 0 bridgehead atoms. The summed E-state index contributed by atoms with van der Waals surface area (Å²) in [6, 6.07) is 0. The van der Waals surface area contributed by atoms with E-state index in [4.69, 9.17) is 9.84 Å². The number of hydrogen-bond acceptors (Lipinski definition) is 3. The second kappa shape index (κ2) is 5.03. The lowest BCUT2D eigenvalue weighted by Crippen LogP contribution is -2.22. The van der Waals surface area contributed by atoms with Gasteiger partial charge >= 0.3 is 5.97 Å². The van der Waals surface area contributed by atoms with Crippen LogP contribution < -0.4 is 0 Å². The summed E-state index contributed by atoms with van der Waals surface area (Å²) >= 11 is 0. The fraction of sp³-hybridized carbons (Fsp3) is 0.500. The van der Waals surface area contributed by atoms with E-state index in [2.05, 4.69) is 5.10 Å². The van der Waals surface area contributed by atoms with Gasteiger partial charge in [-0.05, 0) is 27.7 Å². The van der Waals surface area contributed by atoms with Gasteiger partial charge in [-0.1, -0.05) is 0 Å². The second-order valence-electron chi connectivity index (χ2n) is 4.61. The van der Waals surface area contributed by atoms with Gasteiger partial charge in [0, 0.05) is 12.3 Å². The largest absolute Gasteiger partial charge is 0.501 e. The zero-order valence-electron chi connectivity index (χ0n) is 10.6. The highest BCUT2D eigenvalue weighted by Crippen LogP contribution is 2.17. The lowest BCUT2D eigenvalue weighted by Gasteiger charge is -2.18. The van der Waals surface area contributed by atoms with Gasteiger partial charge in [0.1, 0.15) is 11.3 Å². The Morgan fingerprint density at radius 2 is 2.24 bits per heavy atom. The van der Waals surface area contributed by atoms with E-state index in [0.29, 0.717) is 12.3 Å². The smallest absolute Gasteiger partial charge is 0.339 e. The van der Waals surface area contributed by atoms with E-state index in [1.807, 2.05) is 27.7 Å². The maximum atomic E-state index is 11.1. The molecule has 1 aromatic rings. The first-order valence-corrected chi connectivity index (χ1v) is 5.48. The van der Waals surface area contributed by atoms with Crippen LogP contribution in [-0.2, 0) is 10.3 Å². The summed E-state index contributed by atoms with van der Waals surface area (Å²) in [6.45, 7) is 8.28. The van der Waals surface area contributed by atoms with E-state index in [-0.39, 0.29) is 11.1 Å². The third-order valence-electron chi connectivity index (χ3n) is 2.15. The molecule has 17 heavy (non-hydrogen) atoms. The van der Waals surface area contributed by atoms with E-state index in [9.17, 15) is 4.79 Å². The number of ether oxygens (including phenoxy) is 1. The molecule has 0 radical (unpaired) electrons. The van der Waals surface area contributed by atoms with Crippen LogP contribution in [-0.4, -0.2) is 27.5 Å². The molecule has 1 heterocycles. The zero-order valence-corrected chi connectivity index (χ0v) is 10.6. The van der Waals surface area contributed by atoms with Crippen molar-refractivity contribution < 1.29 is 14.6 Å². The molecule has 94 valence electrons. The number of carboxylic acid groups (broad SMARTS) is 1. The lowest BCUT2D eigenvalue weighted by atomic mass is 10.1. The van der Waals surface area contributed by atoms with Crippen LogP contribution in [0.5, 0.6) is 0 Å². The van der Waals surface area contributed by atoms with E-state index in [0.717, 1.165) is 0 Å². The Morgan fingerprint density at radius 3 is 2.71 bits per heavy atom. The van der Waals surface area contributed by atoms with Gasteiger partial charge < -0.3 is 9.84 Å². The molecule has 0 spiro atoms. The Balaban J connectivity index is 3.10. The molecule has 0 unspecified atom stereocenters. The predicted molar refractivity (Wildman–Crippen MR) is 64.8 cm³/mol. The van der Waals surface area contributed by atoms with Crippen LogP contribution >= 0.6 is 0 Å². The molecule has 0 aliphatic carbocycles. The van der Waals surface area contributed by atoms with Crippen LogP contribution in [0.25, 0.3) is 6.08 Å². The van der Waals surface area contributed by atoms with Crippen molar-refractivity contribution >= 4 is 12.0 Å². The minimum absolute atomic E-state index is 0.177. The van der Waals surface area contributed by atoms with Crippen molar-refractivity contribution in [2.45, 2.75) is 33.2 Å². The average Bonchev–Trinajstić information content (AvgIpc) is 2.61. The van der Waals surface area contributed by atoms with E-state index in [1.165, 1.54) is 12.5 Å². The first-order valence-electron chi connectivity index (χ1n) is 5.48. The number of hydrogen-bond donors (Lipinski definition) is 1. The number of carbonyl (C=O) groups is 1. The van der Waals surface area contributed by atoms with Crippen molar-refractivity contribution in [3.8, 4) is 0 Å². The number of carboxylic acids is 1. The van der Waals surface area contributed by atoms with E-state index >= 15 is 0 Å². The number of nitrogens with zero attached hydrogens (tertiary/aromatic N) is 2. The minimum atomic E-state index is -0.989. The van der Waals surface area contributed by atoms with Gasteiger partial charge in [-0.25, -0.2) is 4.79 Å². The summed E-state index contributed by atoms with van der Waals surface area (Å²) in [5.41, 5.74) is 0.332. The molecule has 5 nitrogen and oxygen atoms in total. The molecule has 0 aromatic carbocycles. The Hall–Kier alpha value is -1.78. The molecule has 0 atom stereocenters. The van der Waals surface area contributed by atoms with Crippen molar-refractivity contribution in [3.05, 3.63) is 23.7 Å². The Labute approximate surface area is 101 Å². The van der Waals surface area contributed by atoms with Crippen molar-refractivity contribution in [3.63, 3.8) is 0 Å². The quantitative estimate of drug-likeness (QED) is 0.818. The van der Waals surface area contributed by atoms with E-state index in [1.54, 1.807) is 10.8 Å². The molecule has 1 rings (SSSR count). The van der Waals surface area contributed by atoms with Crippen molar-refractivity contribution in [1.82, 2.24) is 9.78 Å². The number of rotatable bonds is 4. The molecular weight excluding hydrogens is 220 g/mol. The van der Waals surface area contributed by atoms with Crippen LogP contribution in [0.2, 0.25) is 0 Å². The summed E-state index contributed by atoms with van der Waals surface area (Å²) in [6.07, 6.45) is 4.56. The fourth-order valence-electron chi connectivity index (χ4n) is 1.23. The van der Waals surface area contributed by atoms with Crippen molar-refractivity contribution in [1.29, 1.82) is 0 Å². The van der Waals surface area contributed by atoms with Gasteiger partial charge in [-0.3, -0.25) is 4.68 Å². The highest BCUT2D eigenvalue weighted by Gasteiger charge is 2.20. The van der Waals surface area contributed by atoms with Crippen LogP contribution in [0, 0.1) is 0 Å². The van der Waals surface area contributed by atoms with Gasteiger partial charge in [0.05, 0.1) is 18.4 Å². The topological polar surface area (TPSA) is 64.4 Å². The molecule has 0 aliphatic heterocycles. The molecule has 0 saturated heterocycles. The van der Waals surface area contributed by atoms with Gasteiger partial charge in [-0.2, -0.15) is 5.10 Å². The minimum Gasteiger partial charge on any atom is -0.501 e. The van der Waals surface area contributed by atoms with Crippen molar-refractivity contribution in [2.75, 3.05) is 6.61 Å². The van der Waals surface area contributed by atoms with Gasteiger partial charge in [0.2, 0.25) is 0 Å². The van der Waals surface area contributed by atoms with Crippen molar-refractivity contribution in [2.24, 2.45) is 0 Å². The standard InChI is InChI=1S/C12H18N2O3/c1-5-17-7-6-10-9(11(15)16)8-14(13-10)12(2,3)4/h6-8H,5H2,1-4H3,(H,15,16). The third-order valence-corrected chi connectivity index (χ3v) is 2.15. The SMILES string of the molecule is CCOC=Cc1nn(C(C)(C)C)cc1C(=O)O. The summed E-state index contributed by atoms with van der Waals surface area (Å²) in [5, 5.41) is 13.3. The van der Waals surface area contributed by atoms with Gasteiger partial charge in [0.15, 0.2) is 0 Å². The molecule has 0 fully saturated rings. The van der Waals surface area contributed by atoms with Crippen LogP contribution in [0.4, 0.5) is 0 Å². The van der Waals surface area contributed by atoms with Crippen LogP contribution in [0.15, 0.2) is 12.5 Å². The monoisotopic (exact) mass is 238 g/mol. The van der Waals surface area contributed by atoms with Gasteiger partial charge in [-0.15, -0.1) is 0 Å². The summed E-state index contributed by atoms with van der Waals surface area (Å²) in [7, 11) is 0. The van der Waals surface area contributed by atoms with Crippen LogP contribution in [0.3, 0.4) is 0 Å². The Morgan fingerprint density at radius 1 is 1.59 bits per heavy atom. The molecular formula is C12H18N2O3. The highest BCUT2D eigenvalue weighted by atomic mass is 16.5. The molecule has 0 saturated carbocycles. The fourth-order valence-corrected chi connectivity index (χ4v) is 1.23. The lowest BCUT2D eigenvalue weighted by molar-refractivity contribution is 0.0696. The molecule has 0 aliphatic rings. The molecule has 1 N–H and O–H groups in total. The first kappa shape index (κ1) is 13.3. The summed E-state index contributed by atoms with van der Waals surface area (Å²) < 4.78 is 6.69. The van der Waals surface area contributed by atoms with Crippen LogP contribution in [0.1, 0.15) is 43.7 Å². The molecule has 0 amide bonds. The summed E-state index contributed by atoms with van der Waals surface area (Å²) in [4.78, 5) is 11.1. The van der Waals surface area contributed by atoms with Gasteiger partial charge in [0.25, 0.3) is 0 Å². The predicted octanol–water partition coefficient (Wildman–Crippen LogP) is 2.34. The van der Waals surface area contributed by atoms with E-state index < -0.39 is 5.97 Å².